The molecule has 0 fully saturated rings. The molecule has 2 heterocycles. The Labute approximate surface area is 83.8 Å². The minimum absolute atomic E-state index is 0.605. The molecule has 0 saturated heterocycles. The number of pyridine rings is 1. The molecule has 0 aliphatic carbocycles. The molecule has 2 aromatic rings. The predicted octanol–water partition coefficient (Wildman–Crippen LogP) is 2.24. The third-order valence-corrected chi connectivity index (χ3v) is 2.11. The monoisotopic (exact) mass is 189 g/mol. The van der Waals surface area contributed by atoms with Crippen LogP contribution in [0.3, 0.4) is 0 Å². The van der Waals surface area contributed by atoms with E-state index in [-0.39, 0.29) is 0 Å². The lowest BCUT2D eigenvalue weighted by molar-refractivity contribution is 0.620. The summed E-state index contributed by atoms with van der Waals surface area (Å²) in [6, 6.07) is 4.06. The summed E-state index contributed by atoms with van der Waals surface area (Å²) in [6.07, 6.45) is 2.95. The van der Waals surface area contributed by atoms with Gasteiger partial charge >= 0.3 is 0 Å². The van der Waals surface area contributed by atoms with Gasteiger partial charge in [-0.15, -0.1) is 0 Å². The summed E-state index contributed by atoms with van der Waals surface area (Å²) in [5.41, 5.74) is 2.14. The second-order valence-corrected chi connectivity index (χ2v) is 4.14. The average molecular weight is 189 g/mol. The molecular weight excluding hydrogens is 174 g/mol. The van der Waals surface area contributed by atoms with Crippen LogP contribution in [0.15, 0.2) is 18.3 Å². The van der Waals surface area contributed by atoms with Crippen molar-refractivity contribution >= 4 is 5.65 Å². The number of hydrogen-bond donors (Lipinski definition) is 0. The van der Waals surface area contributed by atoms with E-state index in [1.807, 2.05) is 16.8 Å². The maximum Gasteiger partial charge on any atom is 0.155 e. The molecule has 0 aliphatic heterocycles. The molecule has 3 nitrogen and oxygen atoms in total. The van der Waals surface area contributed by atoms with Crippen LogP contribution < -0.4 is 0 Å². The highest BCUT2D eigenvalue weighted by atomic mass is 15.3. The molecule has 14 heavy (non-hydrogen) atoms. The van der Waals surface area contributed by atoms with Crippen molar-refractivity contribution in [1.82, 2.24) is 14.6 Å². The molecule has 0 radical (unpaired) electrons. The first-order chi connectivity index (χ1) is 6.65. The van der Waals surface area contributed by atoms with Crippen LogP contribution in [0.4, 0.5) is 0 Å². The molecule has 0 saturated carbocycles. The van der Waals surface area contributed by atoms with Crippen LogP contribution in [0.5, 0.6) is 0 Å². The summed E-state index contributed by atoms with van der Waals surface area (Å²) in [5, 5.41) is 4.42. The zero-order chi connectivity index (χ0) is 10.1. The lowest BCUT2D eigenvalue weighted by Crippen LogP contribution is -1.96. The Morgan fingerprint density at radius 3 is 2.86 bits per heavy atom. The van der Waals surface area contributed by atoms with Gasteiger partial charge in [-0.3, -0.25) is 0 Å². The molecule has 0 aliphatic rings. The Bertz CT molecular complexity index is 443. The van der Waals surface area contributed by atoms with E-state index in [1.54, 1.807) is 0 Å². The van der Waals surface area contributed by atoms with Gasteiger partial charge in [0.25, 0.3) is 0 Å². The van der Waals surface area contributed by atoms with Crippen molar-refractivity contribution in [3.8, 4) is 0 Å². The Kier molecular flexibility index (Phi) is 2.23. The lowest BCUT2D eigenvalue weighted by Gasteiger charge is -1.96. The van der Waals surface area contributed by atoms with Crippen LogP contribution in [-0.4, -0.2) is 14.6 Å². The van der Waals surface area contributed by atoms with Gasteiger partial charge in [0.05, 0.1) is 0 Å². The van der Waals surface area contributed by atoms with Crippen LogP contribution in [0.1, 0.15) is 25.2 Å². The largest absolute Gasteiger partial charge is 0.221 e. The molecule has 2 aromatic heterocycles. The van der Waals surface area contributed by atoms with E-state index < -0.39 is 0 Å². The number of aryl methyl sites for hydroxylation is 1. The van der Waals surface area contributed by atoms with Crippen molar-refractivity contribution in [2.75, 3.05) is 0 Å². The summed E-state index contributed by atoms with van der Waals surface area (Å²) in [7, 11) is 0. The third-order valence-electron chi connectivity index (χ3n) is 2.11. The van der Waals surface area contributed by atoms with E-state index in [0.29, 0.717) is 5.92 Å². The summed E-state index contributed by atoms with van der Waals surface area (Å²) in [4.78, 5) is 4.45. The van der Waals surface area contributed by atoms with Crippen molar-refractivity contribution in [2.24, 2.45) is 5.92 Å². The molecule has 0 amide bonds. The van der Waals surface area contributed by atoms with Gasteiger partial charge in [-0.1, -0.05) is 19.9 Å². The van der Waals surface area contributed by atoms with Crippen LogP contribution >= 0.6 is 0 Å². The van der Waals surface area contributed by atoms with Crippen molar-refractivity contribution < 1.29 is 0 Å². The van der Waals surface area contributed by atoms with Crippen molar-refractivity contribution in [3.63, 3.8) is 0 Å². The van der Waals surface area contributed by atoms with Gasteiger partial charge in [-0.25, -0.2) is 9.50 Å². The van der Waals surface area contributed by atoms with E-state index in [9.17, 15) is 0 Å². The second kappa shape index (κ2) is 3.40. The molecule has 3 heteroatoms. The summed E-state index contributed by atoms with van der Waals surface area (Å²) in [6.45, 7) is 6.41. The number of rotatable bonds is 2. The maximum atomic E-state index is 4.45. The summed E-state index contributed by atoms with van der Waals surface area (Å²) >= 11 is 0. The fourth-order valence-electron chi connectivity index (χ4n) is 1.48. The summed E-state index contributed by atoms with van der Waals surface area (Å²) in [5.74, 6) is 1.54. The molecular formula is C11H15N3. The molecule has 0 unspecified atom stereocenters. The Hall–Kier alpha value is -1.38. The van der Waals surface area contributed by atoms with Gasteiger partial charge in [-0.05, 0) is 24.5 Å². The van der Waals surface area contributed by atoms with Gasteiger partial charge in [-0.2, -0.15) is 5.10 Å². The van der Waals surface area contributed by atoms with Gasteiger partial charge < -0.3 is 0 Å². The van der Waals surface area contributed by atoms with Crippen LogP contribution in [-0.2, 0) is 6.42 Å². The average Bonchev–Trinajstić information content (AvgIpc) is 2.44. The number of aromatic nitrogens is 3. The highest BCUT2D eigenvalue weighted by molar-refractivity contribution is 5.38. The fraction of sp³-hybridized carbons (Fsp3) is 0.455. The normalized spacial score (nSPS) is 11.4. The van der Waals surface area contributed by atoms with Crippen molar-refractivity contribution in [1.29, 1.82) is 0 Å². The Morgan fingerprint density at radius 1 is 1.36 bits per heavy atom. The first-order valence-electron chi connectivity index (χ1n) is 4.97. The van der Waals surface area contributed by atoms with Gasteiger partial charge in [0.2, 0.25) is 0 Å². The second-order valence-electron chi connectivity index (χ2n) is 4.14. The molecule has 0 N–H and O–H groups in total. The zero-order valence-corrected chi connectivity index (χ0v) is 8.86. The van der Waals surface area contributed by atoms with E-state index >= 15 is 0 Å². The number of fused-ring (bicyclic) bond motifs is 1. The minimum atomic E-state index is 0.605. The van der Waals surface area contributed by atoms with Crippen molar-refractivity contribution in [3.05, 3.63) is 29.7 Å². The molecule has 0 aromatic carbocycles. The molecule has 2 rings (SSSR count). The van der Waals surface area contributed by atoms with Crippen molar-refractivity contribution in [2.45, 2.75) is 27.2 Å². The SMILES string of the molecule is Cc1ccc2nc(CC(C)C)nn2c1. The van der Waals surface area contributed by atoms with Gasteiger partial charge in [0.15, 0.2) is 11.5 Å². The summed E-state index contributed by atoms with van der Waals surface area (Å²) < 4.78 is 1.85. The number of nitrogens with zero attached hydrogens (tertiary/aromatic N) is 3. The van der Waals surface area contributed by atoms with E-state index in [4.69, 9.17) is 0 Å². The van der Waals surface area contributed by atoms with E-state index in [0.717, 1.165) is 17.9 Å². The molecule has 74 valence electrons. The highest BCUT2D eigenvalue weighted by Crippen LogP contribution is 2.07. The Balaban J connectivity index is 2.41. The quantitative estimate of drug-likeness (QED) is 0.725. The van der Waals surface area contributed by atoms with Gasteiger partial charge in [0.1, 0.15) is 0 Å². The van der Waals surface area contributed by atoms with Crippen LogP contribution in [0, 0.1) is 12.8 Å². The number of hydrogen-bond acceptors (Lipinski definition) is 2. The van der Waals surface area contributed by atoms with E-state index in [1.165, 1.54) is 5.56 Å². The highest BCUT2D eigenvalue weighted by Gasteiger charge is 2.04. The standard InChI is InChI=1S/C11H15N3/c1-8(2)6-10-12-11-5-4-9(3)7-14(11)13-10/h4-5,7-8H,6H2,1-3H3. The molecule has 0 bridgehead atoms. The van der Waals surface area contributed by atoms with E-state index in [2.05, 4.69) is 36.9 Å². The smallest absolute Gasteiger partial charge is 0.155 e. The minimum Gasteiger partial charge on any atom is -0.221 e. The topological polar surface area (TPSA) is 30.2 Å². The molecule has 0 atom stereocenters. The Morgan fingerprint density at radius 2 is 2.14 bits per heavy atom. The van der Waals surface area contributed by atoms with Crippen LogP contribution in [0.2, 0.25) is 0 Å². The predicted molar refractivity (Wildman–Crippen MR) is 56.3 cm³/mol. The molecule has 0 spiro atoms. The lowest BCUT2D eigenvalue weighted by atomic mass is 10.1. The zero-order valence-electron chi connectivity index (χ0n) is 8.86. The van der Waals surface area contributed by atoms with Crippen LogP contribution in [0.25, 0.3) is 5.65 Å². The third kappa shape index (κ3) is 1.76. The first-order valence-corrected chi connectivity index (χ1v) is 4.97. The fourth-order valence-corrected chi connectivity index (χ4v) is 1.48. The van der Waals surface area contributed by atoms with Gasteiger partial charge in [0, 0.05) is 12.6 Å². The maximum absolute atomic E-state index is 4.45. The first kappa shape index (κ1) is 9.19.